The molecular formula is C9H19BNO. The van der Waals surface area contributed by atoms with Gasteiger partial charge in [0.05, 0.1) is 0 Å². The first-order chi connectivity index (χ1) is 5.13. The summed E-state index contributed by atoms with van der Waals surface area (Å²) in [5.74, 6) is 0. The third kappa shape index (κ3) is 5.36. The van der Waals surface area contributed by atoms with Gasteiger partial charge in [-0.3, -0.25) is 0 Å². The smallest absolute Gasteiger partial charge is 0.296 e. The molecule has 0 aromatic heterocycles. The second-order valence-corrected chi connectivity index (χ2v) is 5.15. The van der Waals surface area contributed by atoms with Crippen molar-refractivity contribution in [2.24, 2.45) is 5.41 Å². The highest BCUT2D eigenvalue weighted by atomic mass is 16.1. The monoisotopic (exact) mass is 168 g/mol. The molecule has 0 atom stereocenters. The minimum absolute atomic E-state index is 0.0269. The van der Waals surface area contributed by atoms with Crippen LogP contribution in [-0.4, -0.2) is 18.6 Å². The van der Waals surface area contributed by atoms with Crippen LogP contribution in [0.25, 0.3) is 0 Å². The Balaban J connectivity index is 3.90. The highest BCUT2D eigenvalue weighted by Gasteiger charge is 2.23. The van der Waals surface area contributed by atoms with Crippen molar-refractivity contribution in [1.82, 2.24) is 5.23 Å². The van der Waals surface area contributed by atoms with E-state index in [1.165, 1.54) is 0 Å². The van der Waals surface area contributed by atoms with Crippen LogP contribution < -0.4 is 5.23 Å². The fraction of sp³-hybridized carbons (Fsp3) is 0.889. The Hall–Kier alpha value is -0.305. The van der Waals surface area contributed by atoms with E-state index in [1.54, 1.807) is 7.41 Å². The predicted molar refractivity (Wildman–Crippen MR) is 53.1 cm³/mol. The molecule has 0 aromatic carbocycles. The quantitative estimate of drug-likeness (QED) is 0.634. The summed E-state index contributed by atoms with van der Waals surface area (Å²) < 4.78 is 0. The molecule has 1 radical (unpaired) electrons. The molecule has 0 unspecified atom stereocenters. The zero-order chi connectivity index (χ0) is 9.99. The number of nitrogens with one attached hydrogen (secondary N) is 1. The van der Waals surface area contributed by atoms with Crippen molar-refractivity contribution in [1.29, 1.82) is 0 Å². The molecule has 0 saturated heterocycles. The summed E-state index contributed by atoms with van der Waals surface area (Å²) in [5.41, 5.74) is -0.170. The van der Waals surface area contributed by atoms with E-state index in [9.17, 15) is 4.79 Å². The van der Waals surface area contributed by atoms with Crippen molar-refractivity contribution in [2.45, 2.75) is 47.1 Å². The van der Waals surface area contributed by atoms with Crippen LogP contribution in [0.15, 0.2) is 0 Å². The van der Waals surface area contributed by atoms with Crippen molar-refractivity contribution < 1.29 is 4.79 Å². The van der Waals surface area contributed by atoms with Crippen LogP contribution in [0.2, 0.25) is 0 Å². The van der Waals surface area contributed by atoms with Gasteiger partial charge in [-0.1, -0.05) is 20.8 Å². The molecule has 12 heavy (non-hydrogen) atoms. The lowest BCUT2D eigenvalue weighted by molar-refractivity contribution is -0.118. The highest BCUT2D eigenvalue weighted by molar-refractivity contribution is 6.72. The van der Waals surface area contributed by atoms with Gasteiger partial charge in [0, 0.05) is 5.41 Å². The van der Waals surface area contributed by atoms with Crippen LogP contribution in [0, 0.1) is 5.41 Å². The van der Waals surface area contributed by atoms with E-state index < -0.39 is 0 Å². The summed E-state index contributed by atoms with van der Waals surface area (Å²) >= 11 is 0. The molecule has 2 nitrogen and oxygen atoms in total. The lowest BCUT2D eigenvalue weighted by Crippen LogP contribution is -2.45. The highest BCUT2D eigenvalue weighted by Crippen LogP contribution is 2.13. The fourth-order valence-corrected chi connectivity index (χ4v) is 0.499. The number of carbonyl (C=O) groups is 1. The van der Waals surface area contributed by atoms with Crippen LogP contribution in [0.4, 0.5) is 0 Å². The zero-order valence-corrected chi connectivity index (χ0v) is 8.99. The SMILES string of the molecule is CC(C)(C)N[B]C(=O)C(C)(C)C. The molecule has 0 aromatic rings. The van der Waals surface area contributed by atoms with Gasteiger partial charge in [0.1, 0.15) is 5.68 Å². The van der Waals surface area contributed by atoms with Gasteiger partial charge in [-0.15, -0.1) is 0 Å². The number of rotatable bonds is 2. The van der Waals surface area contributed by atoms with Gasteiger partial charge in [-0.25, -0.2) is 0 Å². The summed E-state index contributed by atoms with van der Waals surface area (Å²) in [6, 6.07) is 0. The third-order valence-electron chi connectivity index (χ3n) is 1.38. The van der Waals surface area contributed by atoms with Crippen LogP contribution in [0.5, 0.6) is 0 Å². The largest absolute Gasteiger partial charge is 0.349 e. The molecule has 0 heterocycles. The van der Waals surface area contributed by atoms with Crippen LogP contribution in [-0.2, 0) is 4.79 Å². The summed E-state index contributed by atoms with van der Waals surface area (Å²) in [4.78, 5) is 11.4. The Bertz CT molecular complexity index is 164. The molecule has 1 N–H and O–H groups in total. The van der Waals surface area contributed by atoms with Crippen molar-refractivity contribution >= 4 is 13.1 Å². The summed E-state index contributed by atoms with van der Waals surface area (Å²) in [5, 5.41) is 3.05. The van der Waals surface area contributed by atoms with Crippen LogP contribution >= 0.6 is 0 Å². The van der Waals surface area contributed by atoms with Gasteiger partial charge in [-0.05, 0) is 26.3 Å². The Morgan fingerprint density at radius 1 is 1.08 bits per heavy atom. The molecule has 0 aliphatic carbocycles. The van der Waals surface area contributed by atoms with Gasteiger partial charge in [-0.2, -0.15) is 0 Å². The molecule has 0 bridgehead atoms. The fourth-order valence-electron chi connectivity index (χ4n) is 0.499. The summed E-state index contributed by atoms with van der Waals surface area (Å²) in [7, 11) is 1.57. The molecule has 0 rings (SSSR count). The predicted octanol–water partition coefficient (Wildman–Crippen LogP) is 1.57. The molecular weight excluding hydrogens is 149 g/mol. The third-order valence-corrected chi connectivity index (χ3v) is 1.38. The van der Waals surface area contributed by atoms with Crippen LogP contribution in [0.1, 0.15) is 41.5 Å². The number of carbonyl (C=O) groups excluding carboxylic acids is 1. The second kappa shape index (κ2) is 3.61. The zero-order valence-electron chi connectivity index (χ0n) is 8.99. The molecule has 69 valence electrons. The Kier molecular flexibility index (Phi) is 3.51. The molecule has 0 saturated carbocycles. The van der Waals surface area contributed by atoms with E-state index in [0.29, 0.717) is 0 Å². The molecule has 0 aliphatic rings. The Labute approximate surface area is 76.4 Å². The maximum Gasteiger partial charge on any atom is 0.296 e. The van der Waals surface area contributed by atoms with Crippen molar-refractivity contribution in [2.75, 3.05) is 0 Å². The Morgan fingerprint density at radius 3 is 1.75 bits per heavy atom. The average molecular weight is 168 g/mol. The van der Waals surface area contributed by atoms with Gasteiger partial charge in [0.15, 0.2) is 0 Å². The van der Waals surface area contributed by atoms with Gasteiger partial charge >= 0.3 is 0 Å². The number of hydrogen-bond acceptors (Lipinski definition) is 2. The van der Waals surface area contributed by atoms with Crippen molar-refractivity contribution in [3.8, 4) is 0 Å². The van der Waals surface area contributed by atoms with E-state index in [4.69, 9.17) is 0 Å². The van der Waals surface area contributed by atoms with Gasteiger partial charge < -0.3 is 10.0 Å². The molecule has 0 aliphatic heterocycles. The molecule has 0 spiro atoms. The lowest BCUT2D eigenvalue weighted by Gasteiger charge is -2.23. The van der Waals surface area contributed by atoms with E-state index in [-0.39, 0.29) is 16.6 Å². The molecule has 0 amide bonds. The van der Waals surface area contributed by atoms with Gasteiger partial charge in [0.2, 0.25) is 0 Å². The topological polar surface area (TPSA) is 29.1 Å². The number of hydrogen-bond donors (Lipinski definition) is 1. The van der Waals surface area contributed by atoms with E-state index in [0.717, 1.165) is 0 Å². The maximum atomic E-state index is 11.4. The Morgan fingerprint density at radius 2 is 1.50 bits per heavy atom. The summed E-state index contributed by atoms with van der Waals surface area (Å²) in [6.07, 6.45) is 0. The van der Waals surface area contributed by atoms with E-state index in [2.05, 4.69) is 5.23 Å². The van der Waals surface area contributed by atoms with Gasteiger partial charge in [0.25, 0.3) is 7.41 Å². The summed E-state index contributed by atoms with van der Waals surface area (Å²) in [6.45, 7) is 11.8. The van der Waals surface area contributed by atoms with Crippen LogP contribution in [0.3, 0.4) is 0 Å². The second-order valence-electron chi connectivity index (χ2n) is 5.15. The average Bonchev–Trinajstić information content (AvgIpc) is 1.78. The minimum atomic E-state index is -0.280. The van der Waals surface area contributed by atoms with Crippen molar-refractivity contribution in [3.05, 3.63) is 0 Å². The lowest BCUT2D eigenvalue weighted by atomic mass is 9.70. The first kappa shape index (κ1) is 11.7. The standard InChI is InChI=1S/C9H19BNO/c1-8(2,3)7(12)10-11-9(4,5)6/h11H,1-6H3. The van der Waals surface area contributed by atoms with E-state index >= 15 is 0 Å². The first-order valence-electron chi connectivity index (χ1n) is 4.28. The molecule has 0 fully saturated rings. The van der Waals surface area contributed by atoms with Crippen molar-refractivity contribution in [3.63, 3.8) is 0 Å². The molecule has 3 heteroatoms. The first-order valence-corrected chi connectivity index (χ1v) is 4.28. The minimum Gasteiger partial charge on any atom is -0.349 e. The van der Waals surface area contributed by atoms with E-state index in [1.807, 2.05) is 41.5 Å². The normalized spacial score (nSPS) is 12.8. The maximum absolute atomic E-state index is 11.4.